The predicted octanol–water partition coefficient (Wildman–Crippen LogP) is 6.09. The normalized spacial score (nSPS) is 10.7. The Kier molecular flexibility index (Phi) is 6.98. The molecular formula is C6H2F5NOS5. The van der Waals surface area contributed by atoms with Gasteiger partial charge in [0.25, 0.3) is 12.4 Å². The highest BCUT2D eigenvalue weighted by Crippen LogP contribution is 2.54. The van der Waals surface area contributed by atoms with E-state index in [0.717, 1.165) is 0 Å². The number of hydrogen-bond donors (Lipinski definition) is 1. The highest BCUT2D eigenvalue weighted by atomic mass is 32.2. The van der Waals surface area contributed by atoms with Crippen LogP contribution in [0.4, 0.5) is 25.1 Å². The number of nitrogen functional groups attached to an aromatic ring is 1. The molecule has 0 unspecified atom stereocenters. The summed E-state index contributed by atoms with van der Waals surface area (Å²) in [6.07, 6.45) is 0. The topological polar surface area (TPSA) is 35.2 Å². The van der Waals surface area contributed by atoms with E-state index in [-0.39, 0.29) is 0 Å². The van der Waals surface area contributed by atoms with Crippen LogP contribution in [0, 0.1) is 0 Å². The van der Waals surface area contributed by atoms with E-state index in [1.165, 1.54) is 0 Å². The summed E-state index contributed by atoms with van der Waals surface area (Å²) in [7, 11) is 0. The Hall–Kier alpha value is 0.220. The molecule has 0 spiro atoms. The van der Waals surface area contributed by atoms with Crippen molar-refractivity contribution in [2.24, 2.45) is 0 Å². The molecule has 2 N–H and O–H groups in total. The molecule has 1 rings (SSSR count). The average Bonchev–Trinajstić information content (AvgIpc) is 2.39. The van der Waals surface area contributed by atoms with Gasteiger partial charge in [-0.25, -0.2) is 0 Å². The van der Waals surface area contributed by atoms with Crippen LogP contribution in [0.3, 0.4) is 0 Å². The summed E-state index contributed by atoms with van der Waals surface area (Å²) in [4.78, 5) is -2.13. The van der Waals surface area contributed by atoms with Crippen molar-refractivity contribution in [3.05, 3.63) is 0 Å². The Morgan fingerprint density at radius 1 is 0.722 bits per heavy atom. The van der Waals surface area contributed by atoms with E-state index in [9.17, 15) is 19.4 Å². The van der Waals surface area contributed by atoms with E-state index >= 15 is 0 Å². The molecule has 18 heavy (non-hydrogen) atoms. The van der Waals surface area contributed by atoms with Crippen LogP contribution in [-0.2, 0) is 0 Å². The molecule has 0 aromatic heterocycles. The monoisotopic (exact) mass is 359 g/mol. The summed E-state index contributed by atoms with van der Waals surface area (Å²) in [5.74, 6) is -0.590. The van der Waals surface area contributed by atoms with E-state index in [1.54, 1.807) is 0 Å². The van der Waals surface area contributed by atoms with Crippen molar-refractivity contribution in [3.8, 4) is 5.75 Å². The largest absolute Gasteiger partial charge is 0.395 e. The number of hydrogen-bond acceptors (Lipinski definition) is 7. The Bertz CT molecular complexity index is 436. The first-order chi connectivity index (χ1) is 8.65. The molecule has 1 aromatic rings. The smallest absolute Gasteiger partial charge is 0.272 e. The van der Waals surface area contributed by atoms with Gasteiger partial charge in [0.2, 0.25) is 0 Å². The lowest BCUT2D eigenvalue weighted by Gasteiger charge is -2.15. The fraction of sp³-hybridized carbons (Fsp3) is 0. The number of nitrogens with two attached hydrogens (primary N) is 1. The van der Waals surface area contributed by atoms with Crippen molar-refractivity contribution in [1.82, 2.24) is 0 Å². The lowest BCUT2D eigenvalue weighted by molar-refractivity contribution is 0.587. The van der Waals surface area contributed by atoms with E-state index in [0.29, 0.717) is 0 Å². The average molecular weight is 359 g/mol. The van der Waals surface area contributed by atoms with Crippen molar-refractivity contribution in [2.75, 3.05) is 5.73 Å². The predicted molar refractivity (Wildman–Crippen MR) is 68.0 cm³/mol. The molecule has 0 heterocycles. The van der Waals surface area contributed by atoms with Gasteiger partial charge in [-0.3, -0.25) is 0 Å². The number of halogens is 5. The molecule has 12 heteroatoms. The minimum atomic E-state index is -0.674. The lowest BCUT2D eigenvalue weighted by atomic mass is 10.3. The maximum Gasteiger partial charge on any atom is 0.272 e. The lowest BCUT2D eigenvalue weighted by Crippen LogP contribution is -1.98. The van der Waals surface area contributed by atoms with E-state index in [2.05, 4.69) is 4.18 Å². The molecule has 0 atom stereocenters. The molecule has 0 bridgehead atoms. The minimum absolute atomic E-state index is 0.474. The van der Waals surface area contributed by atoms with E-state index in [4.69, 9.17) is 5.73 Å². The van der Waals surface area contributed by atoms with Gasteiger partial charge in [0.15, 0.2) is 5.75 Å². The highest BCUT2D eigenvalue weighted by Gasteiger charge is 2.27. The molecule has 2 nitrogen and oxygen atoms in total. The molecule has 0 saturated carbocycles. The molecule has 0 fully saturated rings. The summed E-state index contributed by atoms with van der Waals surface area (Å²) in [5, 5.41) is 0. The van der Waals surface area contributed by atoms with E-state index in [1.807, 2.05) is 0 Å². The van der Waals surface area contributed by atoms with Gasteiger partial charge in [-0.1, -0.05) is 0 Å². The zero-order valence-electron chi connectivity index (χ0n) is 7.92. The van der Waals surface area contributed by atoms with Gasteiger partial charge in [-0.2, -0.15) is 15.5 Å². The summed E-state index contributed by atoms with van der Waals surface area (Å²) in [6.45, 7) is 0. The number of anilines is 1. The third-order valence-corrected chi connectivity index (χ3v) is 4.60. The third-order valence-electron chi connectivity index (χ3n) is 1.74. The van der Waals surface area contributed by atoms with Crippen LogP contribution in [-0.4, -0.2) is 0 Å². The zero-order chi connectivity index (χ0) is 13.7. The first kappa shape index (κ1) is 16.3. The summed E-state index contributed by atoms with van der Waals surface area (Å²) in [5.41, 5.74) is 4.89. The van der Waals surface area contributed by atoms with Gasteiger partial charge >= 0.3 is 0 Å². The van der Waals surface area contributed by atoms with Crippen molar-refractivity contribution in [3.63, 3.8) is 0 Å². The van der Waals surface area contributed by atoms with Crippen molar-refractivity contribution in [2.45, 2.75) is 19.6 Å². The van der Waals surface area contributed by atoms with Crippen LogP contribution in [0.25, 0.3) is 0 Å². The van der Waals surface area contributed by atoms with Crippen LogP contribution in [0.5, 0.6) is 5.75 Å². The van der Waals surface area contributed by atoms with Gasteiger partial charge in [-0.05, 0) is 0 Å². The van der Waals surface area contributed by atoms with Crippen molar-refractivity contribution in [1.29, 1.82) is 0 Å². The molecular weight excluding hydrogens is 357 g/mol. The van der Waals surface area contributed by atoms with Crippen LogP contribution in [0.2, 0.25) is 0 Å². The third kappa shape index (κ3) is 3.03. The second-order valence-electron chi connectivity index (χ2n) is 2.51. The fourth-order valence-corrected chi connectivity index (χ4v) is 3.47. The summed E-state index contributed by atoms with van der Waals surface area (Å²) < 4.78 is 67.2. The Labute approximate surface area is 121 Å². The molecule has 0 aliphatic heterocycles. The standard InChI is InChI=1S/C6H2F5NOS5/c7-14-3-1(12)2(13-18-11)4(15-8)6(17-10)5(3)16-9/h12H2. The molecule has 0 aliphatic carbocycles. The fourth-order valence-electron chi connectivity index (χ4n) is 1.06. The number of rotatable bonds is 6. The Morgan fingerprint density at radius 3 is 1.56 bits per heavy atom. The Morgan fingerprint density at radius 2 is 1.17 bits per heavy atom. The highest BCUT2D eigenvalue weighted by molar-refractivity contribution is 8.00. The molecule has 0 radical (unpaired) electrons. The van der Waals surface area contributed by atoms with Gasteiger partial charge in [0, 0.05) is 0 Å². The first-order valence-corrected chi connectivity index (χ1v) is 7.26. The van der Waals surface area contributed by atoms with Gasteiger partial charge < -0.3 is 9.92 Å². The van der Waals surface area contributed by atoms with Crippen molar-refractivity contribution < 1.29 is 23.6 Å². The van der Waals surface area contributed by atoms with Crippen LogP contribution in [0.15, 0.2) is 19.6 Å². The second kappa shape index (κ2) is 7.72. The van der Waals surface area contributed by atoms with Gasteiger partial charge in [-0.15, -0.1) is 3.89 Å². The zero-order valence-corrected chi connectivity index (χ0v) is 12.0. The second-order valence-corrected chi connectivity index (χ2v) is 5.06. The maximum atomic E-state index is 12.7. The molecule has 0 saturated heterocycles. The van der Waals surface area contributed by atoms with Crippen molar-refractivity contribution >= 4 is 66.7 Å². The quantitative estimate of drug-likeness (QED) is 0.374. The molecule has 0 amide bonds. The van der Waals surface area contributed by atoms with Crippen LogP contribution < -0.4 is 9.92 Å². The molecule has 0 aliphatic rings. The minimum Gasteiger partial charge on any atom is -0.395 e. The van der Waals surface area contributed by atoms with E-state index < -0.39 is 92.0 Å². The van der Waals surface area contributed by atoms with Gasteiger partial charge in [0.05, 0.1) is 69.0 Å². The number of benzene rings is 1. The van der Waals surface area contributed by atoms with Gasteiger partial charge in [0.1, 0.15) is 4.90 Å². The van der Waals surface area contributed by atoms with Crippen LogP contribution in [0.1, 0.15) is 0 Å². The SMILES string of the molecule is Nc1c(OSF)c(SF)c(SF)c(SF)c1SF. The first-order valence-electron chi connectivity index (χ1n) is 3.75. The Balaban J connectivity index is 3.61. The summed E-state index contributed by atoms with van der Waals surface area (Å²) in [6, 6.07) is 0. The summed E-state index contributed by atoms with van der Waals surface area (Å²) >= 11 is -2.67. The maximum absolute atomic E-state index is 12.7. The molecule has 102 valence electrons. The molecule has 1 aromatic carbocycles. The van der Waals surface area contributed by atoms with Crippen LogP contribution >= 0.6 is 61.0 Å².